The highest BCUT2D eigenvalue weighted by atomic mass is 79.9. The Morgan fingerprint density at radius 2 is 1.81 bits per heavy atom. The van der Waals surface area contributed by atoms with Crippen molar-refractivity contribution in [2.24, 2.45) is 0 Å². The highest BCUT2D eigenvalue weighted by Gasteiger charge is 2.23. The van der Waals surface area contributed by atoms with Crippen molar-refractivity contribution in [3.05, 3.63) is 65.2 Å². The van der Waals surface area contributed by atoms with Gasteiger partial charge in [0, 0.05) is 6.42 Å². The molecule has 1 atom stereocenters. The van der Waals surface area contributed by atoms with Crippen molar-refractivity contribution in [2.45, 2.75) is 19.1 Å². The first-order valence-corrected chi connectivity index (χ1v) is 8.48. The second kappa shape index (κ2) is 9.30. The third kappa shape index (κ3) is 5.27. The minimum absolute atomic E-state index is 0. The van der Waals surface area contributed by atoms with Gasteiger partial charge >= 0.3 is 12.1 Å². The molecule has 0 saturated carbocycles. The number of fused-ring (bicyclic) bond motifs is 1. The fraction of sp³-hybridized carbons (Fsp3) is 0.167. The molecule has 0 radical (unpaired) electrons. The summed E-state index contributed by atoms with van der Waals surface area (Å²) in [6, 6.07) is 15.7. The fourth-order valence-electron chi connectivity index (χ4n) is 2.29. The topological polar surface area (TPSA) is 88.5 Å². The Morgan fingerprint density at radius 3 is 2.50 bits per heavy atom. The Balaban J connectivity index is 0.00000243. The summed E-state index contributed by atoms with van der Waals surface area (Å²) in [5.41, 5.74) is 1.65. The van der Waals surface area contributed by atoms with E-state index in [1.54, 1.807) is 0 Å². The van der Waals surface area contributed by atoms with E-state index >= 15 is 0 Å². The van der Waals surface area contributed by atoms with Crippen LogP contribution in [0.2, 0.25) is 0 Å². The molecule has 0 fully saturated rings. The van der Waals surface area contributed by atoms with E-state index in [9.17, 15) is 14.7 Å². The van der Waals surface area contributed by atoms with Gasteiger partial charge in [0.25, 0.3) is 0 Å². The zero-order chi connectivity index (χ0) is 17.6. The summed E-state index contributed by atoms with van der Waals surface area (Å²) < 4.78 is 6.05. The van der Waals surface area contributed by atoms with Gasteiger partial charge in [0.2, 0.25) is 0 Å². The van der Waals surface area contributed by atoms with Gasteiger partial charge in [0.05, 0.1) is 15.2 Å². The van der Waals surface area contributed by atoms with Crippen LogP contribution in [0.3, 0.4) is 0 Å². The van der Waals surface area contributed by atoms with Crippen LogP contribution in [-0.2, 0) is 22.6 Å². The molecule has 0 aliphatic heterocycles. The van der Waals surface area contributed by atoms with Crippen molar-refractivity contribution in [3.8, 4) is 0 Å². The Kier molecular flexibility index (Phi) is 7.11. The minimum Gasteiger partial charge on any atom is -0.480 e. The van der Waals surface area contributed by atoms with Gasteiger partial charge in [-0.05, 0) is 17.7 Å². The number of nitrogens with one attached hydrogen (secondary N) is 1. The Labute approximate surface area is 164 Å². The van der Waals surface area contributed by atoms with Crippen LogP contribution in [0.1, 0.15) is 10.6 Å². The van der Waals surface area contributed by atoms with E-state index in [-0.39, 0.29) is 30.0 Å². The molecule has 0 aliphatic rings. The van der Waals surface area contributed by atoms with E-state index in [4.69, 9.17) is 4.74 Å². The number of amides is 1. The van der Waals surface area contributed by atoms with Gasteiger partial charge in [0.1, 0.15) is 12.6 Å². The number of nitrogens with zero attached hydrogens (tertiary/aromatic N) is 1. The number of ether oxygens (including phenoxy) is 1. The number of aliphatic carboxylic acids is 1. The first-order valence-electron chi connectivity index (χ1n) is 7.66. The lowest BCUT2D eigenvalue weighted by molar-refractivity contribution is -0.139. The van der Waals surface area contributed by atoms with Crippen LogP contribution in [0.4, 0.5) is 4.79 Å². The predicted octanol–water partition coefficient (Wildman–Crippen LogP) is 3.80. The molecule has 0 spiro atoms. The molecule has 8 heteroatoms. The summed E-state index contributed by atoms with van der Waals surface area (Å²) in [5, 5.41) is 12.4. The summed E-state index contributed by atoms with van der Waals surface area (Å²) in [6.07, 6.45) is -0.660. The number of carbonyl (C=O) groups excluding carboxylic acids is 1. The van der Waals surface area contributed by atoms with Crippen LogP contribution in [0.25, 0.3) is 10.2 Å². The summed E-state index contributed by atoms with van der Waals surface area (Å²) in [5.74, 6) is -1.13. The molecule has 3 aromatic rings. The monoisotopic (exact) mass is 436 g/mol. The van der Waals surface area contributed by atoms with E-state index in [0.717, 1.165) is 15.8 Å². The number of halogens is 1. The van der Waals surface area contributed by atoms with Gasteiger partial charge in [-0.2, -0.15) is 0 Å². The number of hydrogen-bond acceptors (Lipinski definition) is 5. The van der Waals surface area contributed by atoms with Gasteiger partial charge in [-0.25, -0.2) is 14.6 Å². The second-order valence-corrected chi connectivity index (χ2v) is 6.49. The average Bonchev–Trinajstić information content (AvgIpc) is 3.02. The summed E-state index contributed by atoms with van der Waals surface area (Å²) in [6.45, 7) is 0.0835. The first kappa shape index (κ1) is 19.9. The minimum atomic E-state index is -1.13. The van der Waals surface area contributed by atoms with Gasteiger partial charge < -0.3 is 15.2 Å². The number of thiazole rings is 1. The number of rotatable bonds is 6. The van der Waals surface area contributed by atoms with E-state index in [0.29, 0.717) is 5.01 Å². The standard InChI is InChI=1S/C18H16N2O4S.BrH/c21-17(22)14(10-16-19-13-8-4-5-9-15(13)25-16)20-18(23)24-11-12-6-2-1-3-7-12;/h1-9,14H,10-11H2,(H,20,23)(H,21,22);1H/t14-;/m0./s1. The molecule has 1 amide bonds. The summed E-state index contributed by atoms with van der Waals surface area (Å²) >= 11 is 1.41. The van der Waals surface area contributed by atoms with Crippen LogP contribution in [0, 0.1) is 0 Å². The van der Waals surface area contributed by atoms with E-state index < -0.39 is 18.1 Å². The van der Waals surface area contributed by atoms with Crippen LogP contribution in [-0.4, -0.2) is 28.2 Å². The van der Waals surface area contributed by atoms with Crippen molar-refractivity contribution >= 4 is 50.6 Å². The molecule has 136 valence electrons. The van der Waals surface area contributed by atoms with Gasteiger partial charge in [-0.1, -0.05) is 42.5 Å². The van der Waals surface area contributed by atoms with Crippen LogP contribution in [0.5, 0.6) is 0 Å². The number of alkyl carbamates (subject to hydrolysis) is 1. The number of carboxylic acids is 1. The van der Waals surface area contributed by atoms with Crippen LogP contribution >= 0.6 is 28.3 Å². The third-order valence-electron chi connectivity index (χ3n) is 3.52. The largest absolute Gasteiger partial charge is 0.480 e. The normalized spacial score (nSPS) is 11.4. The molecule has 2 N–H and O–H groups in total. The SMILES string of the molecule is Br.O=C(N[C@@H](Cc1nc2ccccc2s1)C(=O)O)OCc1ccccc1. The smallest absolute Gasteiger partial charge is 0.408 e. The molecular weight excluding hydrogens is 420 g/mol. The molecule has 0 unspecified atom stereocenters. The predicted molar refractivity (Wildman–Crippen MR) is 105 cm³/mol. The quantitative estimate of drug-likeness (QED) is 0.613. The maximum Gasteiger partial charge on any atom is 0.408 e. The molecule has 0 aliphatic carbocycles. The Bertz CT molecular complexity index is 852. The summed E-state index contributed by atoms with van der Waals surface area (Å²) in [4.78, 5) is 27.7. The van der Waals surface area contributed by atoms with E-state index in [1.165, 1.54) is 11.3 Å². The van der Waals surface area contributed by atoms with Gasteiger partial charge in [0.15, 0.2) is 0 Å². The number of benzene rings is 2. The number of hydrogen-bond donors (Lipinski definition) is 2. The molecular formula is C18H17BrN2O4S. The molecule has 6 nitrogen and oxygen atoms in total. The maximum atomic E-state index is 11.9. The lowest BCUT2D eigenvalue weighted by Crippen LogP contribution is -2.42. The van der Waals surface area contributed by atoms with Crippen LogP contribution in [0.15, 0.2) is 54.6 Å². The second-order valence-electron chi connectivity index (χ2n) is 5.38. The maximum absolute atomic E-state index is 11.9. The van der Waals surface area contributed by atoms with Gasteiger partial charge in [-0.3, -0.25) is 0 Å². The molecule has 0 saturated heterocycles. The molecule has 26 heavy (non-hydrogen) atoms. The van der Waals surface area contributed by atoms with Crippen molar-refractivity contribution < 1.29 is 19.4 Å². The van der Waals surface area contributed by atoms with Crippen molar-refractivity contribution in [1.29, 1.82) is 0 Å². The number of para-hydroxylation sites is 1. The highest BCUT2D eigenvalue weighted by molar-refractivity contribution is 8.93. The zero-order valence-corrected chi connectivity index (χ0v) is 16.2. The molecule has 3 rings (SSSR count). The lowest BCUT2D eigenvalue weighted by atomic mass is 10.2. The number of carboxylic acid groups (broad SMARTS) is 1. The Morgan fingerprint density at radius 1 is 1.12 bits per heavy atom. The van der Waals surface area contributed by atoms with Crippen molar-refractivity contribution in [1.82, 2.24) is 10.3 Å². The lowest BCUT2D eigenvalue weighted by Gasteiger charge is -2.13. The molecule has 1 aromatic heterocycles. The Hall–Kier alpha value is -2.45. The fourth-order valence-corrected chi connectivity index (χ4v) is 3.30. The van der Waals surface area contributed by atoms with Crippen molar-refractivity contribution in [3.63, 3.8) is 0 Å². The van der Waals surface area contributed by atoms with Crippen molar-refractivity contribution in [2.75, 3.05) is 0 Å². The van der Waals surface area contributed by atoms with E-state index in [1.807, 2.05) is 54.6 Å². The molecule has 1 heterocycles. The molecule has 2 aromatic carbocycles. The highest BCUT2D eigenvalue weighted by Crippen LogP contribution is 2.22. The average molecular weight is 437 g/mol. The number of carbonyl (C=O) groups is 2. The third-order valence-corrected chi connectivity index (χ3v) is 4.58. The zero-order valence-electron chi connectivity index (χ0n) is 13.6. The van der Waals surface area contributed by atoms with Gasteiger partial charge in [-0.15, -0.1) is 28.3 Å². The molecule has 0 bridgehead atoms. The summed E-state index contributed by atoms with van der Waals surface area (Å²) in [7, 11) is 0. The number of aromatic nitrogens is 1. The first-order chi connectivity index (χ1) is 12.1. The van der Waals surface area contributed by atoms with E-state index in [2.05, 4.69) is 10.3 Å². The van der Waals surface area contributed by atoms with Crippen LogP contribution < -0.4 is 5.32 Å².